The third-order valence-corrected chi connectivity index (χ3v) is 4.71. The molecule has 0 aromatic carbocycles. The van der Waals surface area contributed by atoms with Gasteiger partial charge in [0.2, 0.25) is 0 Å². The molecule has 88 valence electrons. The van der Waals surface area contributed by atoms with Gasteiger partial charge in [-0.3, -0.25) is 4.79 Å². The van der Waals surface area contributed by atoms with E-state index >= 15 is 0 Å². The number of thiophene rings is 1. The molecule has 16 heavy (non-hydrogen) atoms. The van der Waals surface area contributed by atoms with E-state index in [4.69, 9.17) is 0 Å². The Hall–Kier alpha value is -0.390. The second-order valence-corrected chi connectivity index (χ2v) is 5.92. The van der Waals surface area contributed by atoms with Gasteiger partial charge in [0.15, 0.2) is 0 Å². The number of carbonyl (C=O) groups is 1. The van der Waals surface area contributed by atoms with Crippen LogP contribution in [0.5, 0.6) is 0 Å². The van der Waals surface area contributed by atoms with Gasteiger partial charge in [-0.1, -0.05) is 0 Å². The minimum atomic E-state index is 0.0522. The first-order valence-electron chi connectivity index (χ1n) is 5.39. The highest BCUT2D eigenvalue weighted by atomic mass is 79.9. The standard InChI is InChI=1S/C11H15BrN2OS/c1-14-5-2-8(3-6-14)13-11(15)10-9(12)4-7-16-10/h4,7-8H,2-3,5-6H2,1H3,(H,13,15). The van der Waals surface area contributed by atoms with Gasteiger partial charge in [0.05, 0.1) is 0 Å². The highest BCUT2D eigenvalue weighted by Gasteiger charge is 2.20. The number of amides is 1. The number of nitrogens with one attached hydrogen (secondary N) is 1. The second kappa shape index (κ2) is 5.29. The van der Waals surface area contributed by atoms with Gasteiger partial charge in [0.1, 0.15) is 4.88 Å². The monoisotopic (exact) mass is 302 g/mol. The highest BCUT2D eigenvalue weighted by molar-refractivity contribution is 9.10. The summed E-state index contributed by atoms with van der Waals surface area (Å²) in [5.74, 6) is 0.0522. The van der Waals surface area contributed by atoms with Gasteiger partial charge in [0.25, 0.3) is 5.91 Å². The van der Waals surface area contributed by atoms with Crippen LogP contribution in [-0.4, -0.2) is 37.0 Å². The van der Waals surface area contributed by atoms with Crippen LogP contribution in [0.25, 0.3) is 0 Å². The topological polar surface area (TPSA) is 32.3 Å². The van der Waals surface area contributed by atoms with Gasteiger partial charge in [-0.25, -0.2) is 0 Å². The van der Waals surface area contributed by atoms with Crippen LogP contribution in [0.15, 0.2) is 15.9 Å². The molecule has 1 saturated heterocycles. The molecule has 0 aliphatic carbocycles. The SMILES string of the molecule is CN1CCC(NC(=O)c2sccc2Br)CC1. The maximum Gasteiger partial charge on any atom is 0.262 e. The molecule has 0 unspecified atom stereocenters. The zero-order valence-corrected chi connectivity index (χ0v) is 11.6. The smallest absolute Gasteiger partial charge is 0.262 e. The summed E-state index contributed by atoms with van der Waals surface area (Å²) < 4.78 is 0.892. The van der Waals surface area contributed by atoms with Gasteiger partial charge in [-0.2, -0.15) is 0 Å². The maximum absolute atomic E-state index is 11.9. The summed E-state index contributed by atoms with van der Waals surface area (Å²) in [5, 5.41) is 5.02. The number of piperidine rings is 1. The molecule has 1 aliphatic heterocycles. The molecular formula is C11H15BrN2OS. The first kappa shape index (κ1) is 12.1. The fraction of sp³-hybridized carbons (Fsp3) is 0.545. The molecule has 1 aliphatic rings. The number of hydrogen-bond acceptors (Lipinski definition) is 3. The first-order valence-corrected chi connectivity index (χ1v) is 7.06. The number of nitrogens with zero attached hydrogens (tertiary/aromatic N) is 1. The lowest BCUT2D eigenvalue weighted by molar-refractivity contribution is 0.0920. The lowest BCUT2D eigenvalue weighted by atomic mass is 10.1. The number of carbonyl (C=O) groups excluding carboxylic acids is 1. The van der Waals surface area contributed by atoms with E-state index in [1.807, 2.05) is 11.4 Å². The van der Waals surface area contributed by atoms with Crippen molar-refractivity contribution in [2.75, 3.05) is 20.1 Å². The molecular weight excluding hydrogens is 288 g/mol. The van der Waals surface area contributed by atoms with Crippen molar-refractivity contribution in [1.29, 1.82) is 0 Å². The Labute approximate surface area is 108 Å². The lowest BCUT2D eigenvalue weighted by Gasteiger charge is -2.29. The Balaban J connectivity index is 1.91. The highest BCUT2D eigenvalue weighted by Crippen LogP contribution is 2.22. The summed E-state index contributed by atoms with van der Waals surface area (Å²) in [7, 11) is 2.12. The largest absolute Gasteiger partial charge is 0.348 e. The first-order chi connectivity index (χ1) is 7.66. The molecule has 0 saturated carbocycles. The fourth-order valence-corrected chi connectivity index (χ4v) is 3.31. The van der Waals surface area contributed by atoms with Crippen molar-refractivity contribution in [1.82, 2.24) is 10.2 Å². The van der Waals surface area contributed by atoms with Crippen molar-refractivity contribution in [3.05, 3.63) is 20.8 Å². The normalized spacial score (nSPS) is 18.6. The predicted octanol–water partition coefficient (Wildman–Crippen LogP) is 2.33. The summed E-state index contributed by atoms with van der Waals surface area (Å²) >= 11 is 4.86. The third-order valence-electron chi connectivity index (χ3n) is 2.88. The average Bonchev–Trinajstić information content (AvgIpc) is 2.68. The Bertz CT molecular complexity index is 372. The third kappa shape index (κ3) is 2.84. The molecule has 1 fully saturated rings. The fourth-order valence-electron chi connectivity index (χ4n) is 1.86. The van der Waals surface area contributed by atoms with E-state index < -0.39 is 0 Å². The summed E-state index contributed by atoms with van der Waals surface area (Å²) in [6.45, 7) is 2.13. The van der Waals surface area contributed by atoms with Crippen molar-refractivity contribution < 1.29 is 4.79 Å². The zero-order chi connectivity index (χ0) is 11.5. The van der Waals surface area contributed by atoms with Crippen molar-refractivity contribution in [2.24, 2.45) is 0 Å². The van der Waals surface area contributed by atoms with Gasteiger partial charge in [-0.15, -0.1) is 11.3 Å². The van der Waals surface area contributed by atoms with E-state index in [1.165, 1.54) is 11.3 Å². The van der Waals surface area contributed by atoms with Crippen LogP contribution >= 0.6 is 27.3 Å². The molecule has 1 aromatic heterocycles. The summed E-state index contributed by atoms with van der Waals surface area (Å²) in [5.41, 5.74) is 0. The van der Waals surface area contributed by atoms with E-state index in [-0.39, 0.29) is 5.91 Å². The van der Waals surface area contributed by atoms with Crippen LogP contribution < -0.4 is 5.32 Å². The van der Waals surface area contributed by atoms with Gasteiger partial charge >= 0.3 is 0 Å². The Kier molecular flexibility index (Phi) is 4.00. The average molecular weight is 303 g/mol. The molecule has 0 spiro atoms. The van der Waals surface area contributed by atoms with E-state index in [0.717, 1.165) is 35.3 Å². The molecule has 2 heterocycles. The van der Waals surface area contributed by atoms with Crippen molar-refractivity contribution >= 4 is 33.2 Å². The Morgan fingerprint density at radius 1 is 1.56 bits per heavy atom. The predicted molar refractivity (Wildman–Crippen MR) is 70.0 cm³/mol. The van der Waals surface area contributed by atoms with Crippen LogP contribution in [0.2, 0.25) is 0 Å². The van der Waals surface area contributed by atoms with E-state index in [9.17, 15) is 4.79 Å². The van der Waals surface area contributed by atoms with Crippen LogP contribution in [0.1, 0.15) is 22.5 Å². The van der Waals surface area contributed by atoms with E-state index in [2.05, 4.69) is 33.2 Å². The van der Waals surface area contributed by atoms with Crippen LogP contribution in [0.4, 0.5) is 0 Å². The van der Waals surface area contributed by atoms with Crippen LogP contribution in [-0.2, 0) is 0 Å². The molecule has 5 heteroatoms. The number of halogens is 1. The van der Waals surface area contributed by atoms with E-state index in [1.54, 1.807) is 0 Å². The molecule has 0 radical (unpaired) electrons. The molecule has 0 bridgehead atoms. The molecule has 0 atom stereocenters. The summed E-state index contributed by atoms with van der Waals surface area (Å²) in [6, 6.07) is 2.24. The summed E-state index contributed by atoms with van der Waals surface area (Å²) in [6.07, 6.45) is 2.09. The molecule has 3 nitrogen and oxygen atoms in total. The second-order valence-electron chi connectivity index (χ2n) is 4.15. The van der Waals surface area contributed by atoms with Gasteiger partial charge in [0, 0.05) is 10.5 Å². The quantitative estimate of drug-likeness (QED) is 0.909. The number of hydrogen-bond donors (Lipinski definition) is 1. The minimum absolute atomic E-state index is 0.0522. The maximum atomic E-state index is 11.9. The van der Waals surface area contributed by atoms with Crippen LogP contribution in [0.3, 0.4) is 0 Å². The molecule has 2 rings (SSSR count). The molecule has 1 N–H and O–H groups in total. The van der Waals surface area contributed by atoms with Crippen molar-refractivity contribution in [2.45, 2.75) is 18.9 Å². The van der Waals surface area contributed by atoms with Crippen LogP contribution in [0, 0.1) is 0 Å². The van der Waals surface area contributed by atoms with Gasteiger partial charge in [-0.05, 0) is 60.4 Å². The Morgan fingerprint density at radius 2 is 2.25 bits per heavy atom. The minimum Gasteiger partial charge on any atom is -0.348 e. The number of rotatable bonds is 2. The lowest BCUT2D eigenvalue weighted by Crippen LogP contribution is -2.43. The zero-order valence-electron chi connectivity index (χ0n) is 9.20. The molecule has 1 amide bonds. The van der Waals surface area contributed by atoms with E-state index in [0.29, 0.717) is 6.04 Å². The van der Waals surface area contributed by atoms with Gasteiger partial charge < -0.3 is 10.2 Å². The Morgan fingerprint density at radius 3 is 2.81 bits per heavy atom. The summed E-state index contributed by atoms with van der Waals surface area (Å²) in [4.78, 5) is 15.0. The van der Waals surface area contributed by atoms with Crippen molar-refractivity contribution in [3.63, 3.8) is 0 Å². The molecule has 1 aromatic rings. The number of likely N-dealkylation sites (tertiary alicyclic amines) is 1. The van der Waals surface area contributed by atoms with Crippen molar-refractivity contribution in [3.8, 4) is 0 Å².